The van der Waals surface area contributed by atoms with Crippen LogP contribution in [0.15, 0.2) is 0 Å². The van der Waals surface area contributed by atoms with Gasteiger partial charge in [-0.05, 0) is 63.6 Å². The highest BCUT2D eigenvalue weighted by Gasteiger charge is 2.21. The molecule has 1 saturated heterocycles. The topological polar surface area (TPSA) is 29.3 Å². The Morgan fingerprint density at radius 2 is 1.47 bits per heavy atom. The van der Waals surface area contributed by atoms with Gasteiger partial charge in [0.05, 0.1) is 0 Å². The van der Waals surface area contributed by atoms with Gasteiger partial charge in [0.15, 0.2) is 0 Å². The first kappa shape index (κ1) is 13.4. The van der Waals surface area contributed by atoms with Crippen LogP contribution in [-0.2, 0) is 0 Å². The quantitative estimate of drug-likeness (QED) is 0.763. The average molecular weight is 238 g/mol. The molecule has 2 fully saturated rings. The monoisotopic (exact) mass is 238 g/mol. The molecule has 2 heteroatoms. The molecule has 0 spiro atoms. The highest BCUT2D eigenvalue weighted by atomic mass is 15.1. The molecule has 100 valence electrons. The Labute approximate surface area is 107 Å². The lowest BCUT2D eigenvalue weighted by molar-refractivity contribution is 0.152. The second-order valence-electron chi connectivity index (χ2n) is 6.18. The molecule has 0 unspecified atom stereocenters. The number of likely N-dealkylation sites (tertiary alicyclic amines) is 1. The number of nitrogens with zero attached hydrogens (tertiary/aromatic N) is 1. The van der Waals surface area contributed by atoms with Gasteiger partial charge in [-0.3, -0.25) is 0 Å². The Morgan fingerprint density at radius 3 is 2.06 bits per heavy atom. The Hall–Kier alpha value is -0.0800. The van der Waals surface area contributed by atoms with E-state index in [1.807, 2.05) is 0 Å². The van der Waals surface area contributed by atoms with Crippen molar-refractivity contribution in [2.45, 2.75) is 57.8 Å². The first-order valence-corrected chi connectivity index (χ1v) is 7.81. The van der Waals surface area contributed by atoms with Crippen molar-refractivity contribution in [1.29, 1.82) is 0 Å². The lowest BCUT2D eigenvalue weighted by atomic mass is 9.92. The van der Waals surface area contributed by atoms with Crippen molar-refractivity contribution in [3.8, 4) is 0 Å². The van der Waals surface area contributed by atoms with E-state index in [9.17, 15) is 0 Å². The number of nitrogens with two attached hydrogens (primary N) is 1. The zero-order chi connectivity index (χ0) is 11.9. The van der Waals surface area contributed by atoms with E-state index in [1.54, 1.807) is 0 Å². The summed E-state index contributed by atoms with van der Waals surface area (Å²) in [7, 11) is 0. The predicted octanol–water partition coefficient (Wildman–Crippen LogP) is 3.02. The van der Waals surface area contributed by atoms with Gasteiger partial charge in [-0.15, -0.1) is 0 Å². The molecule has 0 atom stereocenters. The van der Waals surface area contributed by atoms with Gasteiger partial charge in [0.25, 0.3) is 0 Å². The summed E-state index contributed by atoms with van der Waals surface area (Å²) in [6, 6.07) is 0. The van der Waals surface area contributed by atoms with E-state index in [4.69, 9.17) is 5.73 Å². The van der Waals surface area contributed by atoms with E-state index >= 15 is 0 Å². The molecule has 2 nitrogen and oxygen atoms in total. The van der Waals surface area contributed by atoms with Crippen molar-refractivity contribution in [2.75, 3.05) is 26.2 Å². The third-order valence-electron chi connectivity index (χ3n) is 4.77. The zero-order valence-corrected chi connectivity index (χ0v) is 11.4. The summed E-state index contributed by atoms with van der Waals surface area (Å²) in [5.41, 5.74) is 5.65. The average Bonchev–Trinajstić information content (AvgIpc) is 2.61. The van der Waals surface area contributed by atoms with Crippen LogP contribution in [0.5, 0.6) is 0 Å². The van der Waals surface area contributed by atoms with E-state index in [0.717, 1.165) is 18.4 Å². The van der Waals surface area contributed by atoms with E-state index in [1.165, 1.54) is 77.4 Å². The molecule has 2 rings (SSSR count). The summed E-state index contributed by atoms with van der Waals surface area (Å²) < 4.78 is 0. The van der Waals surface area contributed by atoms with E-state index in [0.29, 0.717) is 0 Å². The molecule has 0 amide bonds. The van der Waals surface area contributed by atoms with E-state index < -0.39 is 0 Å². The van der Waals surface area contributed by atoms with Gasteiger partial charge in [-0.1, -0.05) is 25.7 Å². The van der Waals surface area contributed by atoms with Crippen molar-refractivity contribution in [1.82, 2.24) is 4.90 Å². The number of hydrogen-bond acceptors (Lipinski definition) is 2. The number of hydrogen-bond donors (Lipinski definition) is 1. The molecule has 0 aromatic carbocycles. The van der Waals surface area contributed by atoms with Crippen LogP contribution in [0.3, 0.4) is 0 Å². The molecule has 1 saturated carbocycles. The van der Waals surface area contributed by atoms with Gasteiger partial charge in [-0.2, -0.15) is 0 Å². The molecule has 1 heterocycles. The second kappa shape index (κ2) is 7.38. The molecule has 2 N–H and O–H groups in total. The normalized spacial score (nSPS) is 25.9. The van der Waals surface area contributed by atoms with Gasteiger partial charge >= 0.3 is 0 Å². The summed E-state index contributed by atoms with van der Waals surface area (Å²) in [4.78, 5) is 2.73. The van der Waals surface area contributed by atoms with Crippen LogP contribution in [0.2, 0.25) is 0 Å². The summed E-state index contributed by atoms with van der Waals surface area (Å²) in [6.45, 7) is 4.94. The molecular weight excluding hydrogens is 208 g/mol. The maximum atomic E-state index is 5.65. The lowest BCUT2D eigenvalue weighted by Crippen LogP contribution is -2.37. The number of rotatable bonds is 4. The third-order valence-corrected chi connectivity index (χ3v) is 4.77. The van der Waals surface area contributed by atoms with Crippen LogP contribution >= 0.6 is 0 Å². The minimum atomic E-state index is 0.882. The number of piperidine rings is 1. The smallest absolute Gasteiger partial charge is 0.000966 e. The van der Waals surface area contributed by atoms with E-state index in [-0.39, 0.29) is 0 Å². The summed E-state index contributed by atoms with van der Waals surface area (Å²) >= 11 is 0. The highest BCUT2D eigenvalue weighted by Crippen LogP contribution is 2.26. The Kier molecular flexibility index (Phi) is 5.79. The maximum Gasteiger partial charge on any atom is 0.000966 e. The van der Waals surface area contributed by atoms with Gasteiger partial charge < -0.3 is 10.6 Å². The van der Waals surface area contributed by atoms with Crippen LogP contribution in [0.25, 0.3) is 0 Å². The molecule has 17 heavy (non-hydrogen) atoms. The molecule has 1 aliphatic carbocycles. The largest absolute Gasteiger partial charge is 0.330 e. The minimum absolute atomic E-state index is 0.882. The van der Waals surface area contributed by atoms with Gasteiger partial charge in [0, 0.05) is 6.54 Å². The van der Waals surface area contributed by atoms with E-state index in [2.05, 4.69) is 4.90 Å². The molecular formula is C15H30N2. The van der Waals surface area contributed by atoms with Gasteiger partial charge in [0.1, 0.15) is 0 Å². The predicted molar refractivity (Wildman–Crippen MR) is 74.0 cm³/mol. The molecule has 2 aliphatic rings. The molecule has 0 aromatic rings. The van der Waals surface area contributed by atoms with Gasteiger partial charge in [0.2, 0.25) is 0 Å². The fourth-order valence-electron chi connectivity index (χ4n) is 3.61. The highest BCUT2D eigenvalue weighted by molar-refractivity contribution is 4.76. The summed E-state index contributed by atoms with van der Waals surface area (Å²) in [5.74, 6) is 1.92. The second-order valence-corrected chi connectivity index (χ2v) is 6.18. The van der Waals surface area contributed by atoms with Crippen LogP contribution in [0, 0.1) is 11.8 Å². The van der Waals surface area contributed by atoms with Crippen LogP contribution in [-0.4, -0.2) is 31.1 Å². The molecule has 0 bridgehead atoms. The van der Waals surface area contributed by atoms with Crippen molar-refractivity contribution in [2.24, 2.45) is 17.6 Å². The van der Waals surface area contributed by atoms with Crippen molar-refractivity contribution in [3.63, 3.8) is 0 Å². The molecule has 1 aliphatic heterocycles. The van der Waals surface area contributed by atoms with Crippen molar-refractivity contribution in [3.05, 3.63) is 0 Å². The lowest BCUT2D eigenvalue weighted by Gasteiger charge is -2.34. The zero-order valence-electron chi connectivity index (χ0n) is 11.4. The fraction of sp³-hybridized carbons (Fsp3) is 1.00. The Morgan fingerprint density at radius 1 is 0.824 bits per heavy atom. The summed E-state index contributed by atoms with van der Waals surface area (Å²) in [5, 5.41) is 0. The molecule has 0 aromatic heterocycles. The first-order valence-electron chi connectivity index (χ1n) is 7.81. The van der Waals surface area contributed by atoms with Crippen LogP contribution in [0.4, 0.5) is 0 Å². The van der Waals surface area contributed by atoms with Crippen molar-refractivity contribution < 1.29 is 0 Å². The Balaban J connectivity index is 1.66. The third kappa shape index (κ3) is 4.59. The minimum Gasteiger partial charge on any atom is -0.330 e. The van der Waals surface area contributed by atoms with Crippen LogP contribution in [0.1, 0.15) is 57.8 Å². The SMILES string of the molecule is NCCC1CCN(CC2CCCCCC2)CC1. The van der Waals surface area contributed by atoms with Gasteiger partial charge in [-0.25, -0.2) is 0 Å². The summed E-state index contributed by atoms with van der Waals surface area (Å²) in [6.07, 6.45) is 12.9. The Bertz CT molecular complexity index is 189. The maximum absolute atomic E-state index is 5.65. The molecule has 0 radical (unpaired) electrons. The van der Waals surface area contributed by atoms with Crippen LogP contribution < -0.4 is 5.73 Å². The van der Waals surface area contributed by atoms with Crippen molar-refractivity contribution >= 4 is 0 Å². The first-order chi connectivity index (χ1) is 8.38. The fourth-order valence-corrected chi connectivity index (χ4v) is 3.61. The standard InChI is InChI=1S/C15H30N2/c16-10-7-14-8-11-17(12-9-14)13-15-5-3-1-2-4-6-15/h14-15H,1-13,16H2.